The van der Waals surface area contributed by atoms with Gasteiger partial charge in [0.1, 0.15) is 5.76 Å². The fourth-order valence-corrected chi connectivity index (χ4v) is 4.49. The van der Waals surface area contributed by atoms with Gasteiger partial charge in [-0.25, -0.2) is 4.98 Å². The van der Waals surface area contributed by atoms with Crippen molar-refractivity contribution in [2.75, 3.05) is 32.7 Å². The van der Waals surface area contributed by atoms with Crippen molar-refractivity contribution in [2.45, 2.75) is 13.0 Å². The fraction of sp³-hybridized carbons (Fsp3) is 0.280. The van der Waals surface area contributed by atoms with E-state index in [9.17, 15) is 9.90 Å². The van der Waals surface area contributed by atoms with E-state index in [1.54, 1.807) is 6.07 Å². The van der Waals surface area contributed by atoms with Crippen LogP contribution in [0.3, 0.4) is 0 Å². The van der Waals surface area contributed by atoms with E-state index < -0.39 is 0 Å². The van der Waals surface area contributed by atoms with Gasteiger partial charge < -0.3 is 10.0 Å². The summed E-state index contributed by atoms with van der Waals surface area (Å²) in [5.74, 6) is 0.379. The van der Waals surface area contributed by atoms with E-state index in [-0.39, 0.29) is 5.56 Å². The van der Waals surface area contributed by atoms with Crippen LogP contribution in [0.5, 0.6) is 0 Å². The second kappa shape index (κ2) is 8.01. The molecule has 152 valence electrons. The minimum absolute atomic E-state index is 0.194. The highest BCUT2D eigenvalue weighted by Crippen LogP contribution is 2.21. The normalized spacial score (nSPS) is 17.1. The van der Waals surface area contributed by atoms with E-state index in [4.69, 9.17) is 0 Å². The maximum Gasteiger partial charge on any atom is 0.278 e. The zero-order valence-electron chi connectivity index (χ0n) is 16.9. The van der Waals surface area contributed by atoms with Crippen molar-refractivity contribution in [3.05, 3.63) is 81.8 Å². The Labute approximate surface area is 175 Å². The highest BCUT2D eigenvalue weighted by Gasteiger charge is 2.17. The van der Waals surface area contributed by atoms with Crippen LogP contribution in [-0.4, -0.2) is 52.6 Å². The zero-order valence-corrected chi connectivity index (χ0v) is 16.9. The molecule has 1 N–H and O–H groups in total. The van der Waals surface area contributed by atoms with Gasteiger partial charge in [-0.1, -0.05) is 42.5 Å². The summed E-state index contributed by atoms with van der Waals surface area (Å²) in [4.78, 5) is 21.1. The lowest BCUT2D eigenvalue weighted by molar-refractivity contribution is 0.128. The number of aliphatic hydroxyl groups excluding tert-OH is 1. The van der Waals surface area contributed by atoms with Crippen molar-refractivity contribution in [2.24, 2.45) is 0 Å². The van der Waals surface area contributed by atoms with E-state index in [0.717, 1.165) is 55.3 Å². The fourth-order valence-electron chi connectivity index (χ4n) is 4.49. The number of hydrogen-bond donors (Lipinski definition) is 1. The van der Waals surface area contributed by atoms with E-state index in [2.05, 4.69) is 45.1 Å². The standard InChI is InChI=1S/C25H25N3O2/c29-23(19-9-10-22-24-20(19)7-4-8-21(24)25(30)26-22)11-12-27-13-15-28(16-14-27)17-18-5-2-1-3-6-18/h1-10,29H,11-17H2/b23-19-. The van der Waals surface area contributed by atoms with E-state index >= 15 is 0 Å². The van der Waals surface area contributed by atoms with Gasteiger partial charge >= 0.3 is 0 Å². The average Bonchev–Trinajstić information content (AvgIpc) is 3.11. The number of nitrogens with zero attached hydrogens (tertiary/aromatic N) is 3. The summed E-state index contributed by atoms with van der Waals surface area (Å²) in [6.45, 7) is 5.93. The van der Waals surface area contributed by atoms with Crippen molar-refractivity contribution in [3.8, 4) is 0 Å². The van der Waals surface area contributed by atoms with Crippen LogP contribution in [0, 0.1) is 0 Å². The number of aromatic nitrogens is 1. The molecule has 2 heterocycles. The molecule has 1 fully saturated rings. The third-order valence-corrected chi connectivity index (χ3v) is 6.16. The first-order valence-electron chi connectivity index (χ1n) is 10.5. The van der Waals surface area contributed by atoms with E-state index in [1.165, 1.54) is 5.56 Å². The van der Waals surface area contributed by atoms with Gasteiger partial charge in [0, 0.05) is 56.3 Å². The number of piperazine rings is 1. The van der Waals surface area contributed by atoms with E-state index in [1.807, 2.05) is 24.3 Å². The molecular formula is C25H25N3O2. The van der Waals surface area contributed by atoms with Crippen LogP contribution in [0.25, 0.3) is 27.4 Å². The smallest absolute Gasteiger partial charge is 0.278 e. The molecule has 1 aromatic heterocycles. The van der Waals surface area contributed by atoms with Gasteiger partial charge in [-0.15, -0.1) is 0 Å². The van der Waals surface area contributed by atoms with Gasteiger partial charge in [0.2, 0.25) is 0 Å². The first-order valence-corrected chi connectivity index (χ1v) is 10.5. The molecule has 5 heteroatoms. The Kier molecular flexibility index (Phi) is 5.07. The maximum absolute atomic E-state index is 12.1. The van der Waals surface area contributed by atoms with Crippen molar-refractivity contribution in [3.63, 3.8) is 0 Å². The minimum atomic E-state index is -0.194. The molecule has 0 spiro atoms. The Morgan fingerprint density at radius 2 is 1.60 bits per heavy atom. The lowest BCUT2D eigenvalue weighted by atomic mass is 10.0. The largest absolute Gasteiger partial charge is 0.512 e. The molecule has 0 atom stereocenters. The Bertz CT molecular complexity index is 1260. The van der Waals surface area contributed by atoms with Crippen molar-refractivity contribution in [1.82, 2.24) is 14.8 Å². The average molecular weight is 399 g/mol. The van der Waals surface area contributed by atoms with Crippen molar-refractivity contribution < 1.29 is 5.11 Å². The highest BCUT2D eigenvalue weighted by atomic mass is 16.3. The highest BCUT2D eigenvalue weighted by molar-refractivity contribution is 6.09. The summed E-state index contributed by atoms with van der Waals surface area (Å²) < 4.78 is 0. The van der Waals surface area contributed by atoms with Crippen LogP contribution in [0.4, 0.5) is 0 Å². The molecule has 0 unspecified atom stereocenters. The van der Waals surface area contributed by atoms with Crippen molar-refractivity contribution >= 4 is 27.4 Å². The summed E-state index contributed by atoms with van der Waals surface area (Å²) in [5.41, 5.74) is 1.87. The SMILES string of the molecule is O=c1nc2cc/c(=C(/O)CCN3CCN(Cc4ccccc4)CC3)c3cccc1c23. The lowest BCUT2D eigenvalue weighted by Crippen LogP contribution is -2.46. The molecule has 0 bridgehead atoms. The summed E-state index contributed by atoms with van der Waals surface area (Å²) in [7, 11) is 0. The molecular weight excluding hydrogens is 374 g/mol. The Morgan fingerprint density at radius 1 is 0.867 bits per heavy atom. The summed E-state index contributed by atoms with van der Waals surface area (Å²) in [6, 6.07) is 20.0. The van der Waals surface area contributed by atoms with Crippen LogP contribution < -0.4 is 10.8 Å². The topological polar surface area (TPSA) is 56.7 Å². The lowest BCUT2D eigenvalue weighted by Gasteiger charge is -2.34. The molecule has 0 saturated carbocycles. The first-order chi connectivity index (χ1) is 14.7. The third kappa shape index (κ3) is 3.62. The van der Waals surface area contributed by atoms with E-state index in [0.29, 0.717) is 23.1 Å². The molecule has 1 aliphatic heterocycles. The van der Waals surface area contributed by atoms with Crippen LogP contribution in [0.2, 0.25) is 0 Å². The van der Waals surface area contributed by atoms with Gasteiger partial charge in [0.25, 0.3) is 5.56 Å². The summed E-state index contributed by atoms with van der Waals surface area (Å²) >= 11 is 0. The molecule has 4 aromatic rings. The van der Waals surface area contributed by atoms with Gasteiger partial charge in [-0.2, -0.15) is 0 Å². The molecule has 5 rings (SSSR count). The molecule has 3 aromatic carbocycles. The van der Waals surface area contributed by atoms with Crippen LogP contribution in [0.15, 0.2) is 65.5 Å². The van der Waals surface area contributed by atoms with Crippen LogP contribution >= 0.6 is 0 Å². The number of hydrogen-bond acceptors (Lipinski definition) is 5. The summed E-state index contributed by atoms with van der Waals surface area (Å²) in [6.07, 6.45) is 0.600. The number of rotatable bonds is 5. The van der Waals surface area contributed by atoms with Gasteiger partial charge in [0.05, 0.1) is 10.9 Å². The van der Waals surface area contributed by atoms with Crippen molar-refractivity contribution in [1.29, 1.82) is 0 Å². The third-order valence-electron chi connectivity index (χ3n) is 6.16. The zero-order chi connectivity index (χ0) is 20.5. The minimum Gasteiger partial charge on any atom is -0.512 e. The van der Waals surface area contributed by atoms with Gasteiger partial charge in [0.15, 0.2) is 0 Å². The Balaban J connectivity index is 1.27. The number of aliphatic hydroxyl groups is 1. The predicted octanol–water partition coefficient (Wildman–Crippen LogP) is 2.78. The molecule has 0 amide bonds. The molecule has 0 aliphatic carbocycles. The summed E-state index contributed by atoms with van der Waals surface area (Å²) in [5, 5.41) is 14.0. The predicted molar refractivity (Wildman–Crippen MR) is 121 cm³/mol. The molecule has 1 aliphatic rings. The number of benzene rings is 3. The molecule has 5 nitrogen and oxygen atoms in total. The second-order valence-electron chi connectivity index (χ2n) is 8.08. The first kappa shape index (κ1) is 19.0. The monoisotopic (exact) mass is 399 g/mol. The quantitative estimate of drug-likeness (QED) is 0.559. The van der Waals surface area contributed by atoms with Crippen LogP contribution in [0.1, 0.15) is 12.0 Å². The van der Waals surface area contributed by atoms with Crippen LogP contribution in [-0.2, 0) is 6.54 Å². The molecule has 30 heavy (non-hydrogen) atoms. The van der Waals surface area contributed by atoms with Gasteiger partial charge in [-0.05, 0) is 29.1 Å². The maximum atomic E-state index is 12.1. The molecule has 1 saturated heterocycles. The second-order valence-corrected chi connectivity index (χ2v) is 8.08. The Morgan fingerprint density at radius 3 is 2.40 bits per heavy atom. The Hall–Kier alpha value is -3.02. The molecule has 0 radical (unpaired) electrons. The van der Waals surface area contributed by atoms with Gasteiger partial charge in [-0.3, -0.25) is 9.69 Å².